The van der Waals surface area contributed by atoms with Crippen LogP contribution in [0.4, 0.5) is 0 Å². The van der Waals surface area contributed by atoms with Gasteiger partial charge in [-0.1, -0.05) is 24.3 Å². The van der Waals surface area contributed by atoms with E-state index in [4.69, 9.17) is 10.5 Å². The normalized spacial score (nSPS) is 22.4. The Morgan fingerprint density at radius 3 is 2.61 bits per heavy atom. The predicted molar refractivity (Wildman–Crippen MR) is 66.7 cm³/mol. The molecule has 1 amide bonds. The molecule has 2 atom stereocenters. The third kappa shape index (κ3) is 2.97. The van der Waals surface area contributed by atoms with Crippen LogP contribution in [0.5, 0.6) is 0 Å². The number of benzene rings is 1. The first-order valence-corrected chi connectivity index (χ1v) is 5.89. The molecule has 1 aliphatic carbocycles. The van der Waals surface area contributed by atoms with Gasteiger partial charge in [0, 0.05) is 5.92 Å². The van der Waals surface area contributed by atoms with Gasteiger partial charge < -0.3 is 10.5 Å². The van der Waals surface area contributed by atoms with Gasteiger partial charge in [0.05, 0.1) is 5.56 Å². The maximum absolute atomic E-state index is 11.8. The van der Waals surface area contributed by atoms with Gasteiger partial charge in [-0.05, 0) is 31.1 Å². The minimum Gasteiger partial charge on any atom is -0.455 e. The van der Waals surface area contributed by atoms with Gasteiger partial charge in [-0.3, -0.25) is 4.79 Å². The van der Waals surface area contributed by atoms with Gasteiger partial charge in [-0.2, -0.15) is 0 Å². The first kappa shape index (κ1) is 12.4. The molecule has 4 nitrogen and oxygen atoms in total. The summed E-state index contributed by atoms with van der Waals surface area (Å²) >= 11 is 0. The molecule has 1 aromatic carbocycles. The zero-order valence-electron chi connectivity index (χ0n) is 9.91. The quantitative estimate of drug-likeness (QED) is 0.650. The molecule has 0 saturated heterocycles. The number of ether oxygens (including phenoxy) is 1. The Labute approximate surface area is 105 Å². The van der Waals surface area contributed by atoms with Gasteiger partial charge in [0.25, 0.3) is 0 Å². The second-order valence-electron chi connectivity index (χ2n) is 4.31. The van der Waals surface area contributed by atoms with E-state index in [0.29, 0.717) is 18.4 Å². The van der Waals surface area contributed by atoms with Crippen molar-refractivity contribution >= 4 is 11.9 Å². The molecule has 1 aromatic rings. The monoisotopic (exact) mass is 245 g/mol. The number of nitrogens with two attached hydrogens (primary N) is 1. The lowest BCUT2D eigenvalue weighted by Gasteiger charge is -2.22. The Hall–Kier alpha value is -2.10. The second kappa shape index (κ2) is 5.49. The summed E-state index contributed by atoms with van der Waals surface area (Å²) in [5.74, 6) is -0.973. The van der Waals surface area contributed by atoms with Crippen LogP contribution in [0.2, 0.25) is 0 Å². The van der Waals surface area contributed by atoms with E-state index in [2.05, 4.69) is 0 Å². The van der Waals surface area contributed by atoms with Gasteiger partial charge in [0.2, 0.25) is 5.91 Å². The third-order valence-electron chi connectivity index (χ3n) is 2.96. The Bertz CT molecular complexity index is 467. The van der Waals surface area contributed by atoms with Gasteiger partial charge in [0.15, 0.2) is 0 Å². The van der Waals surface area contributed by atoms with Crippen molar-refractivity contribution in [3.63, 3.8) is 0 Å². The number of primary amides is 1. The van der Waals surface area contributed by atoms with Crippen molar-refractivity contribution in [2.24, 2.45) is 11.7 Å². The number of amides is 1. The Balaban J connectivity index is 1.98. The Morgan fingerprint density at radius 1 is 1.22 bits per heavy atom. The average Bonchev–Trinajstić information content (AvgIpc) is 2.40. The van der Waals surface area contributed by atoms with E-state index in [0.717, 1.165) is 0 Å². The first-order chi connectivity index (χ1) is 8.66. The topological polar surface area (TPSA) is 69.4 Å². The Kier molecular flexibility index (Phi) is 3.77. The van der Waals surface area contributed by atoms with Crippen molar-refractivity contribution in [1.29, 1.82) is 0 Å². The fraction of sp³-hybridized carbons (Fsp3) is 0.286. The molecule has 1 aliphatic rings. The molecule has 4 heteroatoms. The van der Waals surface area contributed by atoms with E-state index in [1.807, 2.05) is 12.1 Å². The van der Waals surface area contributed by atoms with E-state index >= 15 is 0 Å². The highest BCUT2D eigenvalue weighted by atomic mass is 16.5. The van der Waals surface area contributed by atoms with E-state index < -0.39 is 0 Å². The number of allylic oxidation sites excluding steroid dienone is 1. The first-order valence-electron chi connectivity index (χ1n) is 5.89. The van der Waals surface area contributed by atoms with Gasteiger partial charge in [-0.15, -0.1) is 0 Å². The molecule has 0 aromatic heterocycles. The largest absolute Gasteiger partial charge is 0.455 e. The van der Waals surface area contributed by atoms with Crippen LogP contribution in [0.1, 0.15) is 23.2 Å². The van der Waals surface area contributed by atoms with Crippen molar-refractivity contribution in [2.75, 3.05) is 0 Å². The number of carbonyl (C=O) groups is 2. The summed E-state index contributed by atoms with van der Waals surface area (Å²) in [6.45, 7) is 0. The highest BCUT2D eigenvalue weighted by Gasteiger charge is 2.24. The molecule has 0 unspecified atom stereocenters. The second-order valence-corrected chi connectivity index (χ2v) is 4.31. The molecular formula is C14H15NO3. The minimum absolute atomic E-state index is 0.247. The smallest absolute Gasteiger partial charge is 0.338 e. The van der Waals surface area contributed by atoms with Crippen LogP contribution in [-0.2, 0) is 9.53 Å². The van der Waals surface area contributed by atoms with E-state index in [-0.39, 0.29) is 23.9 Å². The summed E-state index contributed by atoms with van der Waals surface area (Å²) in [6, 6.07) is 8.78. The summed E-state index contributed by atoms with van der Waals surface area (Å²) < 4.78 is 5.32. The van der Waals surface area contributed by atoms with Crippen molar-refractivity contribution in [1.82, 2.24) is 0 Å². The highest BCUT2D eigenvalue weighted by Crippen LogP contribution is 2.21. The van der Waals surface area contributed by atoms with Crippen molar-refractivity contribution in [3.05, 3.63) is 48.0 Å². The number of carbonyl (C=O) groups excluding carboxylic acids is 2. The summed E-state index contributed by atoms with van der Waals surface area (Å²) in [4.78, 5) is 22.9. The molecule has 0 heterocycles. The van der Waals surface area contributed by atoms with Gasteiger partial charge in [-0.25, -0.2) is 4.79 Å². The zero-order chi connectivity index (χ0) is 13.0. The molecule has 0 radical (unpaired) electrons. The molecule has 0 aliphatic heterocycles. The van der Waals surface area contributed by atoms with Gasteiger partial charge >= 0.3 is 5.97 Å². The molecule has 0 spiro atoms. The molecule has 0 bridgehead atoms. The molecule has 0 fully saturated rings. The lowest BCUT2D eigenvalue weighted by atomic mass is 9.92. The summed E-state index contributed by atoms with van der Waals surface area (Å²) in [5.41, 5.74) is 5.76. The SMILES string of the molecule is NC(=O)[C@@H]1CC=C[C@H](OC(=O)c2ccccc2)C1. The summed E-state index contributed by atoms with van der Waals surface area (Å²) in [7, 11) is 0. The lowest BCUT2D eigenvalue weighted by molar-refractivity contribution is -0.122. The zero-order valence-corrected chi connectivity index (χ0v) is 9.91. The van der Waals surface area contributed by atoms with E-state index in [9.17, 15) is 9.59 Å². The number of hydrogen-bond donors (Lipinski definition) is 1. The lowest BCUT2D eigenvalue weighted by Crippen LogP contribution is -2.30. The summed E-state index contributed by atoms with van der Waals surface area (Å²) in [6.07, 6.45) is 4.35. The average molecular weight is 245 g/mol. The van der Waals surface area contributed by atoms with Crippen LogP contribution in [-0.4, -0.2) is 18.0 Å². The van der Waals surface area contributed by atoms with Crippen molar-refractivity contribution in [2.45, 2.75) is 18.9 Å². The van der Waals surface area contributed by atoms with Crippen LogP contribution in [0.15, 0.2) is 42.5 Å². The Morgan fingerprint density at radius 2 is 1.94 bits per heavy atom. The maximum atomic E-state index is 11.8. The molecule has 2 rings (SSSR count). The molecule has 94 valence electrons. The molecule has 18 heavy (non-hydrogen) atoms. The van der Waals surface area contributed by atoms with Crippen LogP contribution in [0.3, 0.4) is 0 Å². The summed E-state index contributed by atoms with van der Waals surface area (Å²) in [5, 5.41) is 0. The van der Waals surface area contributed by atoms with Gasteiger partial charge in [0.1, 0.15) is 6.10 Å². The minimum atomic E-state index is -0.379. The number of rotatable bonds is 3. The van der Waals surface area contributed by atoms with Crippen LogP contribution in [0, 0.1) is 5.92 Å². The van der Waals surface area contributed by atoms with Crippen LogP contribution >= 0.6 is 0 Å². The van der Waals surface area contributed by atoms with E-state index in [1.54, 1.807) is 30.3 Å². The standard InChI is InChI=1S/C14H15NO3/c15-13(16)11-7-4-8-12(9-11)18-14(17)10-5-2-1-3-6-10/h1-6,8,11-12H,7,9H2,(H2,15,16)/t11-,12+/m1/s1. The predicted octanol–water partition coefficient (Wildman–Crippen LogP) is 1.66. The van der Waals surface area contributed by atoms with E-state index in [1.165, 1.54) is 0 Å². The molecule has 0 saturated carbocycles. The highest BCUT2D eigenvalue weighted by molar-refractivity contribution is 5.89. The number of hydrogen-bond acceptors (Lipinski definition) is 3. The van der Waals surface area contributed by atoms with Crippen molar-refractivity contribution < 1.29 is 14.3 Å². The number of esters is 1. The van der Waals surface area contributed by atoms with Crippen LogP contribution in [0.25, 0.3) is 0 Å². The molecule has 2 N–H and O–H groups in total. The molecular weight excluding hydrogens is 230 g/mol. The fourth-order valence-electron chi connectivity index (χ4n) is 1.95. The maximum Gasteiger partial charge on any atom is 0.338 e. The van der Waals surface area contributed by atoms with Crippen LogP contribution < -0.4 is 5.73 Å². The fourth-order valence-corrected chi connectivity index (χ4v) is 1.95. The van der Waals surface area contributed by atoms with Crippen molar-refractivity contribution in [3.8, 4) is 0 Å². The third-order valence-corrected chi connectivity index (χ3v) is 2.96.